The minimum atomic E-state index is 0.616. The van der Waals surface area contributed by atoms with E-state index in [1.54, 1.807) is 0 Å². The highest BCUT2D eigenvalue weighted by atomic mass is 16.5. The van der Waals surface area contributed by atoms with Gasteiger partial charge in [-0.25, -0.2) is 0 Å². The number of anilines is 1. The van der Waals surface area contributed by atoms with Gasteiger partial charge >= 0.3 is 0 Å². The molecule has 4 nitrogen and oxygen atoms in total. The van der Waals surface area contributed by atoms with Crippen molar-refractivity contribution in [2.45, 2.75) is 26.2 Å². The molecule has 0 saturated heterocycles. The number of para-hydroxylation sites is 2. The van der Waals surface area contributed by atoms with E-state index in [0.29, 0.717) is 32.1 Å². The summed E-state index contributed by atoms with van der Waals surface area (Å²) in [4.78, 5) is 0. The van der Waals surface area contributed by atoms with Gasteiger partial charge in [-0.05, 0) is 18.6 Å². The van der Waals surface area contributed by atoms with Crippen LogP contribution in [0.25, 0.3) is 0 Å². The maximum atomic E-state index is 5.77. The largest absolute Gasteiger partial charge is 0.491 e. The number of unbranched alkanes of at least 4 members (excludes halogenated alkanes) is 1. The molecule has 0 amide bonds. The van der Waals surface area contributed by atoms with E-state index >= 15 is 0 Å². The van der Waals surface area contributed by atoms with Crippen LogP contribution in [0.2, 0.25) is 0 Å². The highest BCUT2D eigenvalue weighted by molar-refractivity contribution is 5.51. The standard InChI is InChI=1S/C15H25NO3/c1-2-3-9-17-12-13-18-10-6-11-19-15-8-5-4-7-14(15)16/h4-5,7-8H,2-3,6,9-13,16H2,1H3. The van der Waals surface area contributed by atoms with E-state index in [0.717, 1.165) is 25.2 Å². The minimum Gasteiger partial charge on any atom is -0.491 e. The molecule has 19 heavy (non-hydrogen) atoms. The third-order valence-electron chi connectivity index (χ3n) is 2.62. The zero-order chi connectivity index (χ0) is 13.8. The van der Waals surface area contributed by atoms with Crippen LogP contribution in [-0.2, 0) is 9.47 Å². The third-order valence-corrected chi connectivity index (χ3v) is 2.62. The van der Waals surface area contributed by atoms with Gasteiger partial charge in [-0.15, -0.1) is 0 Å². The van der Waals surface area contributed by atoms with Crippen molar-refractivity contribution in [3.8, 4) is 5.75 Å². The van der Waals surface area contributed by atoms with Gasteiger partial charge in [0.15, 0.2) is 0 Å². The Hall–Kier alpha value is -1.26. The number of rotatable bonds is 11. The Morgan fingerprint density at radius 3 is 2.26 bits per heavy atom. The molecule has 2 N–H and O–H groups in total. The molecule has 0 atom stereocenters. The van der Waals surface area contributed by atoms with E-state index in [-0.39, 0.29) is 0 Å². The van der Waals surface area contributed by atoms with Gasteiger partial charge in [-0.2, -0.15) is 0 Å². The second-order valence-corrected chi connectivity index (χ2v) is 4.32. The Kier molecular flexibility index (Phi) is 8.85. The summed E-state index contributed by atoms with van der Waals surface area (Å²) in [7, 11) is 0. The van der Waals surface area contributed by atoms with Crippen molar-refractivity contribution in [1.29, 1.82) is 0 Å². The molecule has 4 heteroatoms. The summed E-state index contributed by atoms with van der Waals surface area (Å²) in [6, 6.07) is 7.51. The first kappa shape index (κ1) is 15.8. The summed E-state index contributed by atoms with van der Waals surface area (Å²) >= 11 is 0. The van der Waals surface area contributed by atoms with Crippen LogP contribution in [0.1, 0.15) is 26.2 Å². The van der Waals surface area contributed by atoms with Crippen LogP contribution in [0, 0.1) is 0 Å². The number of nitrogens with two attached hydrogens (primary N) is 1. The highest BCUT2D eigenvalue weighted by Crippen LogP contribution is 2.19. The quantitative estimate of drug-likeness (QED) is 0.495. The average Bonchev–Trinajstić information content (AvgIpc) is 2.43. The molecule has 0 aliphatic rings. The fraction of sp³-hybridized carbons (Fsp3) is 0.600. The fourth-order valence-electron chi connectivity index (χ4n) is 1.52. The average molecular weight is 267 g/mol. The van der Waals surface area contributed by atoms with Crippen LogP contribution < -0.4 is 10.5 Å². The van der Waals surface area contributed by atoms with Gasteiger partial charge in [0, 0.05) is 19.6 Å². The maximum Gasteiger partial charge on any atom is 0.142 e. The van der Waals surface area contributed by atoms with Crippen LogP contribution >= 0.6 is 0 Å². The van der Waals surface area contributed by atoms with Gasteiger partial charge in [-0.3, -0.25) is 0 Å². The van der Waals surface area contributed by atoms with Crippen molar-refractivity contribution < 1.29 is 14.2 Å². The SMILES string of the molecule is CCCCOCCOCCCOc1ccccc1N. The van der Waals surface area contributed by atoms with Gasteiger partial charge in [-0.1, -0.05) is 25.5 Å². The predicted octanol–water partition coefficient (Wildman–Crippen LogP) is 2.87. The zero-order valence-corrected chi connectivity index (χ0v) is 11.8. The van der Waals surface area contributed by atoms with Crippen LogP contribution in [-0.4, -0.2) is 33.0 Å². The second-order valence-electron chi connectivity index (χ2n) is 4.32. The van der Waals surface area contributed by atoms with Crippen molar-refractivity contribution in [2.75, 3.05) is 38.8 Å². The molecule has 1 rings (SSSR count). The number of nitrogen functional groups attached to an aromatic ring is 1. The molecule has 0 unspecified atom stereocenters. The molecule has 0 aliphatic carbocycles. The first-order valence-corrected chi connectivity index (χ1v) is 6.97. The summed E-state index contributed by atoms with van der Waals surface area (Å²) in [5, 5.41) is 0. The number of hydrogen-bond acceptors (Lipinski definition) is 4. The van der Waals surface area contributed by atoms with E-state index in [1.165, 1.54) is 6.42 Å². The lowest BCUT2D eigenvalue weighted by atomic mass is 10.3. The molecule has 0 aliphatic heterocycles. The van der Waals surface area contributed by atoms with Crippen LogP contribution in [0.4, 0.5) is 5.69 Å². The summed E-state index contributed by atoms with van der Waals surface area (Å²) in [5.41, 5.74) is 6.44. The van der Waals surface area contributed by atoms with E-state index in [4.69, 9.17) is 19.9 Å². The monoisotopic (exact) mass is 267 g/mol. The second kappa shape index (κ2) is 10.6. The predicted molar refractivity (Wildman–Crippen MR) is 77.5 cm³/mol. The molecule has 1 aromatic carbocycles. The van der Waals surface area contributed by atoms with E-state index < -0.39 is 0 Å². The molecule has 1 aromatic rings. The topological polar surface area (TPSA) is 53.7 Å². The molecule has 0 radical (unpaired) electrons. The number of benzene rings is 1. The van der Waals surface area contributed by atoms with Gasteiger partial charge < -0.3 is 19.9 Å². The van der Waals surface area contributed by atoms with Crippen molar-refractivity contribution in [3.05, 3.63) is 24.3 Å². The van der Waals surface area contributed by atoms with Crippen molar-refractivity contribution in [3.63, 3.8) is 0 Å². The third kappa shape index (κ3) is 7.70. The Morgan fingerprint density at radius 1 is 0.895 bits per heavy atom. The van der Waals surface area contributed by atoms with Gasteiger partial charge in [0.1, 0.15) is 5.75 Å². The molecular weight excluding hydrogens is 242 g/mol. The lowest BCUT2D eigenvalue weighted by Gasteiger charge is -2.09. The van der Waals surface area contributed by atoms with Gasteiger partial charge in [0.25, 0.3) is 0 Å². The number of ether oxygens (including phenoxy) is 3. The molecule has 108 valence electrons. The van der Waals surface area contributed by atoms with E-state index in [2.05, 4.69) is 6.92 Å². The molecule has 0 heterocycles. The lowest BCUT2D eigenvalue weighted by Crippen LogP contribution is -2.08. The number of hydrogen-bond donors (Lipinski definition) is 1. The summed E-state index contributed by atoms with van der Waals surface area (Å²) in [6.45, 7) is 5.61. The van der Waals surface area contributed by atoms with Gasteiger partial charge in [0.05, 0.1) is 25.5 Å². The lowest BCUT2D eigenvalue weighted by molar-refractivity contribution is 0.0426. The smallest absolute Gasteiger partial charge is 0.142 e. The molecular formula is C15H25NO3. The van der Waals surface area contributed by atoms with Crippen molar-refractivity contribution in [2.24, 2.45) is 0 Å². The van der Waals surface area contributed by atoms with Crippen LogP contribution in [0.5, 0.6) is 5.75 Å². The van der Waals surface area contributed by atoms with Crippen LogP contribution in [0.15, 0.2) is 24.3 Å². The summed E-state index contributed by atoms with van der Waals surface area (Å²) < 4.78 is 16.4. The molecule has 0 fully saturated rings. The Labute approximate surface area is 115 Å². The summed E-state index contributed by atoms with van der Waals surface area (Å²) in [5.74, 6) is 0.741. The van der Waals surface area contributed by atoms with E-state index in [1.807, 2.05) is 24.3 Å². The van der Waals surface area contributed by atoms with Crippen molar-refractivity contribution >= 4 is 5.69 Å². The Balaban J connectivity index is 1.90. The fourth-order valence-corrected chi connectivity index (χ4v) is 1.52. The minimum absolute atomic E-state index is 0.616. The highest BCUT2D eigenvalue weighted by Gasteiger charge is 1.97. The molecule has 0 bridgehead atoms. The van der Waals surface area contributed by atoms with Gasteiger partial charge in [0.2, 0.25) is 0 Å². The zero-order valence-electron chi connectivity index (χ0n) is 11.8. The molecule has 0 aromatic heterocycles. The maximum absolute atomic E-state index is 5.77. The Bertz CT molecular complexity index is 331. The molecule has 0 saturated carbocycles. The molecule has 0 spiro atoms. The van der Waals surface area contributed by atoms with Crippen LogP contribution in [0.3, 0.4) is 0 Å². The first-order chi connectivity index (χ1) is 9.34. The first-order valence-electron chi connectivity index (χ1n) is 6.97. The van der Waals surface area contributed by atoms with Crippen molar-refractivity contribution in [1.82, 2.24) is 0 Å². The van der Waals surface area contributed by atoms with E-state index in [9.17, 15) is 0 Å². The normalized spacial score (nSPS) is 10.6. The Morgan fingerprint density at radius 2 is 1.58 bits per heavy atom. The summed E-state index contributed by atoms with van der Waals surface area (Å²) in [6.07, 6.45) is 3.14.